The minimum atomic E-state index is -0.170. The van der Waals surface area contributed by atoms with Crippen molar-refractivity contribution in [1.82, 2.24) is 14.9 Å². The van der Waals surface area contributed by atoms with E-state index < -0.39 is 0 Å². The van der Waals surface area contributed by atoms with Gasteiger partial charge in [0.05, 0.1) is 0 Å². The first kappa shape index (κ1) is 13.6. The summed E-state index contributed by atoms with van der Waals surface area (Å²) < 4.78 is 13.0. The Labute approximate surface area is 129 Å². The first-order chi connectivity index (χ1) is 10.8. The summed E-state index contributed by atoms with van der Waals surface area (Å²) in [5, 5.41) is 0. The normalized spacial score (nSPS) is 24.7. The van der Waals surface area contributed by atoms with Crippen molar-refractivity contribution in [2.45, 2.75) is 31.5 Å². The van der Waals surface area contributed by atoms with E-state index in [2.05, 4.69) is 19.8 Å². The van der Waals surface area contributed by atoms with Crippen LogP contribution in [0.4, 0.5) is 10.3 Å². The number of hydrogen-bond acceptors (Lipinski definition) is 4. The van der Waals surface area contributed by atoms with Crippen LogP contribution in [0.3, 0.4) is 0 Å². The molecule has 0 radical (unpaired) electrons. The van der Waals surface area contributed by atoms with E-state index in [9.17, 15) is 4.39 Å². The highest BCUT2D eigenvalue weighted by atomic mass is 19.1. The lowest BCUT2D eigenvalue weighted by atomic mass is 10.1. The number of rotatable bonds is 3. The largest absolute Gasteiger partial charge is 0.336 e. The molecule has 0 amide bonds. The van der Waals surface area contributed by atoms with Crippen LogP contribution >= 0.6 is 0 Å². The van der Waals surface area contributed by atoms with Gasteiger partial charge >= 0.3 is 0 Å². The minimum Gasteiger partial charge on any atom is -0.336 e. The molecule has 1 aromatic carbocycles. The molecule has 2 aliphatic heterocycles. The second-order valence-electron chi connectivity index (χ2n) is 6.05. The molecule has 3 heterocycles. The van der Waals surface area contributed by atoms with Gasteiger partial charge in [0, 0.05) is 44.1 Å². The van der Waals surface area contributed by atoms with Crippen molar-refractivity contribution in [3.05, 3.63) is 54.1 Å². The van der Waals surface area contributed by atoms with Gasteiger partial charge in [-0.1, -0.05) is 12.1 Å². The van der Waals surface area contributed by atoms with Gasteiger partial charge in [-0.15, -0.1) is 0 Å². The summed E-state index contributed by atoms with van der Waals surface area (Å²) in [4.78, 5) is 13.6. The highest BCUT2D eigenvalue weighted by Crippen LogP contribution is 2.34. The highest BCUT2D eigenvalue weighted by molar-refractivity contribution is 5.35. The van der Waals surface area contributed by atoms with E-state index in [1.165, 1.54) is 5.56 Å². The minimum absolute atomic E-state index is 0.170. The van der Waals surface area contributed by atoms with Crippen LogP contribution in [-0.4, -0.2) is 40.0 Å². The maximum atomic E-state index is 13.0. The van der Waals surface area contributed by atoms with Gasteiger partial charge in [-0.2, -0.15) is 0 Å². The molecule has 0 unspecified atom stereocenters. The molecule has 0 N–H and O–H groups in total. The number of likely N-dealkylation sites (tertiary alicyclic amines) is 1. The highest BCUT2D eigenvalue weighted by Gasteiger charge is 2.43. The Morgan fingerprint density at radius 1 is 1.00 bits per heavy atom. The topological polar surface area (TPSA) is 32.3 Å². The molecule has 2 aromatic rings. The number of halogens is 1. The van der Waals surface area contributed by atoms with Crippen LogP contribution in [0.25, 0.3) is 0 Å². The lowest BCUT2D eigenvalue weighted by molar-refractivity contribution is 0.246. The smallest absolute Gasteiger partial charge is 0.225 e. The zero-order chi connectivity index (χ0) is 14.9. The monoisotopic (exact) mass is 298 g/mol. The third kappa shape index (κ3) is 2.46. The number of hydrogen-bond donors (Lipinski definition) is 0. The molecule has 2 aliphatic rings. The molecule has 5 heteroatoms. The van der Waals surface area contributed by atoms with E-state index in [-0.39, 0.29) is 5.82 Å². The molecule has 2 saturated heterocycles. The Morgan fingerprint density at radius 2 is 1.73 bits per heavy atom. The van der Waals surface area contributed by atoms with Crippen LogP contribution in [0.15, 0.2) is 42.7 Å². The van der Waals surface area contributed by atoms with Crippen molar-refractivity contribution in [3.8, 4) is 0 Å². The summed E-state index contributed by atoms with van der Waals surface area (Å²) in [5.74, 6) is 0.676. The van der Waals surface area contributed by atoms with Crippen LogP contribution in [0.1, 0.15) is 18.4 Å². The fourth-order valence-electron chi connectivity index (χ4n) is 3.78. The van der Waals surface area contributed by atoms with Crippen LogP contribution < -0.4 is 4.90 Å². The van der Waals surface area contributed by atoms with Crippen molar-refractivity contribution < 1.29 is 4.39 Å². The van der Waals surface area contributed by atoms with Crippen LogP contribution in [0, 0.1) is 5.82 Å². The van der Waals surface area contributed by atoms with Gasteiger partial charge in [-0.05, 0) is 36.6 Å². The van der Waals surface area contributed by atoms with E-state index in [1.807, 2.05) is 18.2 Å². The Balaban J connectivity index is 1.47. The molecule has 0 spiro atoms. The van der Waals surface area contributed by atoms with E-state index in [0.29, 0.717) is 12.1 Å². The first-order valence-electron chi connectivity index (χ1n) is 7.83. The number of anilines is 1. The maximum Gasteiger partial charge on any atom is 0.225 e. The molecular formula is C17H19FN4. The Bertz CT molecular complexity index is 631. The number of aromatic nitrogens is 2. The zero-order valence-electron chi connectivity index (χ0n) is 12.4. The average Bonchev–Trinajstić information content (AvgIpc) is 3.13. The second-order valence-corrected chi connectivity index (χ2v) is 6.05. The third-order valence-corrected chi connectivity index (χ3v) is 4.80. The molecule has 1 aromatic heterocycles. The van der Waals surface area contributed by atoms with Crippen molar-refractivity contribution in [3.63, 3.8) is 0 Å². The quantitative estimate of drug-likeness (QED) is 0.871. The fraction of sp³-hybridized carbons (Fsp3) is 0.412. The van der Waals surface area contributed by atoms with E-state index >= 15 is 0 Å². The maximum absolute atomic E-state index is 13.0. The average molecular weight is 298 g/mol. The van der Waals surface area contributed by atoms with E-state index in [4.69, 9.17) is 0 Å². The predicted molar refractivity (Wildman–Crippen MR) is 83.0 cm³/mol. The van der Waals surface area contributed by atoms with E-state index in [0.717, 1.165) is 38.4 Å². The number of nitrogens with zero attached hydrogens (tertiary/aromatic N) is 4. The molecule has 22 heavy (non-hydrogen) atoms. The molecule has 0 saturated carbocycles. The Hall–Kier alpha value is -2.01. The second kappa shape index (κ2) is 5.65. The Morgan fingerprint density at radius 3 is 2.50 bits per heavy atom. The van der Waals surface area contributed by atoms with E-state index in [1.54, 1.807) is 24.5 Å². The number of benzene rings is 1. The van der Waals surface area contributed by atoms with Gasteiger partial charge < -0.3 is 4.90 Å². The van der Waals surface area contributed by atoms with Gasteiger partial charge in [-0.25, -0.2) is 14.4 Å². The summed E-state index contributed by atoms with van der Waals surface area (Å²) in [7, 11) is 0. The third-order valence-electron chi connectivity index (χ3n) is 4.80. The lowest BCUT2D eigenvalue weighted by Crippen LogP contribution is -2.37. The van der Waals surface area contributed by atoms with Gasteiger partial charge in [0.15, 0.2) is 0 Å². The molecule has 4 rings (SSSR count). The summed E-state index contributed by atoms with van der Waals surface area (Å²) in [6.45, 7) is 2.99. The summed E-state index contributed by atoms with van der Waals surface area (Å²) in [6.07, 6.45) is 5.90. The Kier molecular flexibility index (Phi) is 3.50. The van der Waals surface area contributed by atoms with Crippen molar-refractivity contribution >= 4 is 5.95 Å². The predicted octanol–water partition coefficient (Wildman–Crippen LogP) is 2.47. The first-order valence-corrected chi connectivity index (χ1v) is 7.83. The van der Waals surface area contributed by atoms with Crippen molar-refractivity contribution in [1.29, 1.82) is 0 Å². The fourth-order valence-corrected chi connectivity index (χ4v) is 3.78. The summed E-state index contributed by atoms with van der Waals surface area (Å²) >= 11 is 0. The molecule has 0 aliphatic carbocycles. The van der Waals surface area contributed by atoms with Gasteiger partial charge in [0.2, 0.25) is 5.95 Å². The van der Waals surface area contributed by atoms with Crippen LogP contribution in [-0.2, 0) is 6.54 Å². The SMILES string of the molecule is Fc1ccc(CN2CC[C@@H]3[C@@H]2CCN3c2ncccn2)cc1. The summed E-state index contributed by atoms with van der Waals surface area (Å²) in [6, 6.07) is 9.76. The molecule has 114 valence electrons. The standard InChI is InChI=1S/C17H19FN4/c18-14-4-2-13(3-5-14)12-21-10-6-16-15(21)7-11-22(16)17-19-8-1-9-20-17/h1-5,8-9,15-16H,6-7,10-12H2/t15-,16+/m0/s1. The van der Waals surface area contributed by atoms with Crippen LogP contribution in [0.5, 0.6) is 0 Å². The molecule has 0 bridgehead atoms. The molecular weight excluding hydrogens is 279 g/mol. The summed E-state index contributed by atoms with van der Waals surface area (Å²) in [5.41, 5.74) is 1.18. The number of fused-ring (bicyclic) bond motifs is 1. The van der Waals surface area contributed by atoms with Crippen molar-refractivity contribution in [2.24, 2.45) is 0 Å². The van der Waals surface area contributed by atoms with Crippen LogP contribution in [0.2, 0.25) is 0 Å². The van der Waals surface area contributed by atoms with Gasteiger partial charge in [0.25, 0.3) is 0 Å². The zero-order valence-corrected chi connectivity index (χ0v) is 12.4. The van der Waals surface area contributed by atoms with Gasteiger partial charge in [0.1, 0.15) is 5.82 Å². The van der Waals surface area contributed by atoms with Gasteiger partial charge in [-0.3, -0.25) is 4.90 Å². The van der Waals surface area contributed by atoms with Crippen molar-refractivity contribution in [2.75, 3.05) is 18.0 Å². The molecule has 2 atom stereocenters. The molecule has 4 nitrogen and oxygen atoms in total. The molecule has 2 fully saturated rings. The lowest BCUT2D eigenvalue weighted by Gasteiger charge is -2.25.